The summed E-state index contributed by atoms with van der Waals surface area (Å²) < 4.78 is 39.7. The van der Waals surface area contributed by atoms with Crippen molar-refractivity contribution < 1.29 is 22.7 Å². The number of hydrogen-bond acceptors (Lipinski definition) is 3. The maximum atomic E-state index is 12.0. The van der Waals surface area contributed by atoms with Crippen molar-refractivity contribution in [2.24, 2.45) is 5.73 Å². The standard InChI is InChI=1S/C13H15F3N2O2.ClH/c14-13(15,16)20-10-3-1-9(2-4-10)5-8-18-11(19)12(17)6-7-12;/h1-4H,5-8,17H2,(H,18,19);1H. The summed E-state index contributed by atoms with van der Waals surface area (Å²) in [6.07, 6.45) is -2.77. The zero-order chi connectivity index (χ0) is 14.8. The topological polar surface area (TPSA) is 64.4 Å². The first-order valence-corrected chi connectivity index (χ1v) is 6.20. The Kier molecular flexibility index (Phi) is 5.47. The van der Waals surface area contributed by atoms with Crippen LogP contribution in [0.5, 0.6) is 5.75 Å². The van der Waals surface area contributed by atoms with Gasteiger partial charge in [-0.3, -0.25) is 4.79 Å². The number of carbonyl (C=O) groups excluding carboxylic acids is 1. The summed E-state index contributed by atoms with van der Waals surface area (Å²) in [6.45, 7) is 0.400. The Balaban J connectivity index is 0.00000220. The van der Waals surface area contributed by atoms with Gasteiger partial charge in [0.2, 0.25) is 5.91 Å². The number of amides is 1. The fourth-order valence-corrected chi connectivity index (χ4v) is 1.72. The molecule has 1 aromatic carbocycles. The predicted octanol–water partition coefficient (Wildman–Crippen LogP) is 2.16. The van der Waals surface area contributed by atoms with Crippen molar-refractivity contribution >= 4 is 18.3 Å². The molecule has 4 nitrogen and oxygen atoms in total. The first-order valence-electron chi connectivity index (χ1n) is 6.20. The molecule has 8 heteroatoms. The number of benzene rings is 1. The van der Waals surface area contributed by atoms with Crippen molar-refractivity contribution in [3.63, 3.8) is 0 Å². The highest BCUT2D eigenvalue weighted by atomic mass is 35.5. The molecule has 1 aliphatic carbocycles. The van der Waals surface area contributed by atoms with Gasteiger partial charge in [0.05, 0.1) is 5.54 Å². The van der Waals surface area contributed by atoms with Crippen LogP contribution in [0, 0.1) is 0 Å². The number of nitrogens with one attached hydrogen (secondary N) is 1. The van der Waals surface area contributed by atoms with E-state index in [0.29, 0.717) is 25.8 Å². The average Bonchev–Trinajstić information content (AvgIpc) is 3.09. The largest absolute Gasteiger partial charge is 0.573 e. The molecular weight excluding hydrogens is 309 g/mol. The van der Waals surface area contributed by atoms with E-state index in [1.807, 2.05) is 0 Å². The molecule has 0 saturated heterocycles. The lowest BCUT2D eigenvalue weighted by molar-refractivity contribution is -0.274. The molecule has 2 rings (SSSR count). The Morgan fingerprint density at radius 2 is 1.86 bits per heavy atom. The highest BCUT2D eigenvalue weighted by Gasteiger charge is 2.45. The van der Waals surface area contributed by atoms with Gasteiger partial charge in [-0.1, -0.05) is 12.1 Å². The molecule has 118 valence electrons. The second kappa shape index (κ2) is 6.53. The van der Waals surface area contributed by atoms with Crippen molar-refractivity contribution in [3.8, 4) is 5.75 Å². The lowest BCUT2D eigenvalue weighted by Crippen LogP contribution is -2.43. The Labute approximate surface area is 126 Å². The molecular formula is C13H16ClF3N2O2. The molecule has 21 heavy (non-hydrogen) atoms. The first-order chi connectivity index (χ1) is 9.28. The van der Waals surface area contributed by atoms with Gasteiger partial charge in [0, 0.05) is 6.54 Å². The van der Waals surface area contributed by atoms with E-state index in [1.54, 1.807) is 0 Å². The quantitative estimate of drug-likeness (QED) is 0.872. The molecule has 0 atom stereocenters. The molecule has 1 amide bonds. The van der Waals surface area contributed by atoms with E-state index < -0.39 is 11.9 Å². The molecule has 0 radical (unpaired) electrons. The highest BCUT2D eigenvalue weighted by Crippen LogP contribution is 2.32. The van der Waals surface area contributed by atoms with Crippen LogP contribution in [-0.4, -0.2) is 24.4 Å². The molecule has 0 bridgehead atoms. The molecule has 1 aromatic rings. The molecule has 0 unspecified atom stereocenters. The third-order valence-electron chi connectivity index (χ3n) is 3.10. The SMILES string of the molecule is Cl.NC1(C(=O)NCCc2ccc(OC(F)(F)F)cc2)CC1. The third-order valence-corrected chi connectivity index (χ3v) is 3.10. The van der Waals surface area contributed by atoms with Crippen molar-refractivity contribution in [3.05, 3.63) is 29.8 Å². The van der Waals surface area contributed by atoms with Gasteiger partial charge in [-0.15, -0.1) is 25.6 Å². The van der Waals surface area contributed by atoms with Crippen molar-refractivity contribution in [2.75, 3.05) is 6.54 Å². The van der Waals surface area contributed by atoms with Crippen LogP contribution in [-0.2, 0) is 11.2 Å². The van der Waals surface area contributed by atoms with Crippen molar-refractivity contribution in [1.82, 2.24) is 5.32 Å². The molecule has 1 fully saturated rings. The summed E-state index contributed by atoms with van der Waals surface area (Å²) >= 11 is 0. The van der Waals surface area contributed by atoms with Crippen LogP contribution in [0.2, 0.25) is 0 Å². The third kappa shape index (κ3) is 5.43. The minimum Gasteiger partial charge on any atom is -0.406 e. The number of rotatable bonds is 5. The number of carbonyl (C=O) groups is 1. The second-order valence-electron chi connectivity index (χ2n) is 4.85. The predicted molar refractivity (Wildman–Crippen MR) is 73.2 cm³/mol. The maximum Gasteiger partial charge on any atom is 0.573 e. The fraction of sp³-hybridized carbons (Fsp3) is 0.462. The van der Waals surface area contributed by atoms with E-state index in [1.165, 1.54) is 24.3 Å². The van der Waals surface area contributed by atoms with E-state index in [-0.39, 0.29) is 24.1 Å². The zero-order valence-electron chi connectivity index (χ0n) is 11.1. The van der Waals surface area contributed by atoms with Gasteiger partial charge >= 0.3 is 6.36 Å². The van der Waals surface area contributed by atoms with Gasteiger partial charge in [0.1, 0.15) is 5.75 Å². The monoisotopic (exact) mass is 324 g/mol. The van der Waals surface area contributed by atoms with Gasteiger partial charge < -0.3 is 15.8 Å². The van der Waals surface area contributed by atoms with Crippen molar-refractivity contribution in [1.29, 1.82) is 0 Å². The molecule has 0 aliphatic heterocycles. The Morgan fingerprint density at radius 1 is 1.29 bits per heavy atom. The lowest BCUT2D eigenvalue weighted by Gasteiger charge is -2.11. The van der Waals surface area contributed by atoms with Crippen LogP contribution in [0.4, 0.5) is 13.2 Å². The molecule has 1 saturated carbocycles. The van der Waals surface area contributed by atoms with Crippen molar-refractivity contribution in [2.45, 2.75) is 31.2 Å². The van der Waals surface area contributed by atoms with Crippen LogP contribution in [0.3, 0.4) is 0 Å². The summed E-state index contributed by atoms with van der Waals surface area (Å²) in [4.78, 5) is 11.5. The Bertz CT molecular complexity index is 487. The maximum absolute atomic E-state index is 12.0. The number of alkyl halides is 3. The van der Waals surface area contributed by atoms with E-state index in [9.17, 15) is 18.0 Å². The summed E-state index contributed by atoms with van der Waals surface area (Å²) in [7, 11) is 0. The van der Waals surface area contributed by atoms with Crippen LogP contribution >= 0.6 is 12.4 Å². The summed E-state index contributed by atoms with van der Waals surface area (Å²) in [5.41, 5.74) is 5.82. The van der Waals surface area contributed by atoms with Crippen LogP contribution in [0.15, 0.2) is 24.3 Å². The van der Waals surface area contributed by atoms with Gasteiger partial charge in [-0.25, -0.2) is 0 Å². The molecule has 0 spiro atoms. The lowest BCUT2D eigenvalue weighted by atomic mass is 10.1. The summed E-state index contributed by atoms with van der Waals surface area (Å²) in [6, 6.07) is 5.55. The molecule has 0 heterocycles. The minimum atomic E-state index is -4.69. The summed E-state index contributed by atoms with van der Waals surface area (Å²) in [5.74, 6) is -0.432. The zero-order valence-corrected chi connectivity index (χ0v) is 11.9. The van der Waals surface area contributed by atoms with Crippen LogP contribution in [0.25, 0.3) is 0 Å². The molecule has 3 N–H and O–H groups in total. The van der Waals surface area contributed by atoms with Gasteiger partial charge in [0.15, 0.2) is 0 Å². The number of nitrogens with two attached hydrogens (primary N) is 1. The average molecular weight is 325 g/mol. The minimum absolute atomic E-state index is 0. The van der Waals surface area contributed by atoms with Gasteiger partial charge in [-0.05, 0) is 37.0 Å². The van der Waals surface area contributed by atoms with E-state index >= 15 is 0 Å². The van der Waals surface area contributed by atoms with E-state index in [4.69, 9.17) is 5.73 Å². The number of ether oxygens (including phenoxy) is 1. The Morgan fingerprint density at radius 3 is 2.33 bits per heavy atom. The first kappa shape index (κ1) is 17.6. The normalized spacial score (nSPS) is 15.8. The fourth-order valence-electron chi connectivity index (χ4n) is 1.72. The molecule has 1 aliphatic rings. The van der Waals surface area contributed by atoms with E-state index in [0.717, 1.165) is 5.56 Å². The number of halogens is 4. The molecule has 0 aromatic heterocycles. The Hall–Kier alpha value is -1.47. The summed E-state index contributed by atoms with van der Waals surface area (Å²) in [5, 5.41) is 2.71. The highest BCUT2D eigenvalue weighted by molar-refractivity contribution is 5.88. The number of hydrogen-bond donors (Lipinski definition) is 2. The van der Waals surface area contributed by atoms with Crippen LogP contribution < -0.4 is 15.8 Å². The van der Waals surface area contributed by atoms with E-state index in [2.05, 4.69) is 10.1 Å². The smallest absolute Gasteiger partial charge is 0.406 e. The van der Waals surface area contributed by atoms with Gasteiger partial charge in [-0.2, -0.15) is 0 Å². The second-order valence-corrected chi connectivity index (χ2v) is 4.85. The van der Waals surface area contributed by atoms with Crippen LogP contribution in [0.1, 0.15) is 18.4 Å². The van der Waals surface area contributed by atoms with Gasteiger partial charge in [0.25, 0.3) is 0 Å².